The van der Waals surface area contributed by atoms with Crippen molar-refractivity contribution in [3.05, 3.63) is 0 Å². The van der Waals surface area contributed by atoms with Gasteiger partial charge in [0, 0.05) is 24.9 Å². The topological polar surface area (TPSA) is 23.6 Å². The lowest BCUT2D eigenvalue weighted by Crippen LogP contribution is -2.37. The van der Waals surface area contributed by atoms with Crippen molar-refractivity contribution >= 4 is 22.8 Å². The second kappa shape index (κ2) is 9.05. The molecule has 4 heteroatoms. The van der Waals surface area contributed by atoms with Crippen molar-refractivity contribution < 1.29 is 4.79 Å². The second-order valence-corrected chi connectivity index (χ2v) is 5.96. The fourth-order valence-electron chi connectivity index (χ4n) is 2.82. The number of halogens is 1. The van der Waals surface area contributed by atoms with E-state index in [4.69, 9.17) is 0 Å². The van der Waals surface area contributed by atoms with E-state index in [1.54, 1.807) is 0 Å². The average molecular weight is 321 g/mol. The molecule has 0 bridgehead atoms. The number of ketones is 1. The number of carbonyl (C=O) groups excluding carboxylic acids is 1. The van der Waals surface area contributed by atoms with Crippen molar-refractivity contribution in [3.63, 3.8) is 0 Å². The summed E-state index contributed by atoms with van der Waals surface area (Å²) in [6, 6.07) is 0. The molecule has 108 valence electrons. The lowest BCUT2D eigenvalue weighted by molar-refractivity contribution is -0.128. The Kier molecular flexibility index (Phi) is 9.09. The lowest BCUT2D eigenvalue weighted by Gasteiger charge is -2.28. The number of hydrogen-bond donors (Lipinski definition) is 0. The summed E-state index contributed by atoms with van der Waals surface area (Å²) >= 11 is 0. The van der Waals surface area contributed by atoms with Crippen LogP contribution in [0.25, 0.3) is 0 Å². The highest BCUT2D eigenvalue weighted by molar-refractivity contribution is 8.93. The summed E-state index contributed by atoms with van der Waals surface area (Å²) in [5, 5.41) is 0. The summed E-state index contributed by atoms with van der Waals surface area (Å²) in [6.07, 6.45) is 5.90. The van der Waals surface area contributed by atoms with Gasteiger partial charge in [-0.2, -0.15) is 0 Å². The van der Waals surface area contributed by atoms with Crippen LogP contribution in [0.1, 0.15) is 32.1 Å². The Morgan fingerprint density at radius 1 is 0.889 bits per heavy atom. The van der Waals surface area contributed by atoms with Crippen LogP contribution in [0.2, 0.25) is 0 Å². The van der Waals surface area contributed by atoms with Gasteiger partial charge in [0.1, 0.15) is 5.78 Å². The van der Waals surface area contributed by atoms with Crippen molar-refractivity contribution in [3.8, 4) is 0 Å². The molecule has 0 spiro atoms. The first-order valence-corrected chi connectivity index (χ1v) is 6.84. The molecule has 0 saturated heterocycles. The molecule has 1 aliphatic rings. The van der Waals surface area contributed by atoms with E-state index in [2.05, 4.69) is 38.0 Å². The molecule has 1 saturated carbocycles. The van der Waals surface area contributed by atoms with Gasteiger partial charge in [0.15, 0.2) is 0 Å². The maximum absolute atomic E-state index is 12.5. The Hall–Kier alpha value is 0.0700. The van der Waals surface area contributed by atoms with Crippen molar-refractivity contribution in [2.75, 3.05) is 41.3 Å². The molecule has 2 atom stereocenters. The monoisotopic (exact) mass is 320 g/mol. The zero-order valence-electron chi connectivity index (χ0n) is 12.3. The molecule has 0 amide bonds. The third kappa shape index (κ3) is 6.30. The van der Waals surface area contributed by atoms with Crippen LogP contribution in [-0.2, 0) is 4.79 Å². The predicted molar refractivity (Wildman–Crippen MR) is 82.5 cm³/mol. The maximum Gasteiger partial charge on any atom is 0.141 e. The Bertz CT molecular complexity index is 222. The molecule has 0 N–H and O–H groups in total. The Morgan fingerprint density at radius 3 is 1.61 bits per heavy atom. The highest BCUT2D eigenvalue weighted by Gasteiger charge is 2.28. The van der Waals surface area contributed by atoms with Gasteiger partial charge < -0.3 is 9.80 Å². The number of hydrogen-bond acceptors (Lipinski definition) is 3. The lowest BCUT2D eigenvalue weighted by atomic mass is 9.82. The van der Waals surface area contributed by atoms with Gasteiger partial charge in [-0.1, -0.05) is 19.3 Å². The standard InChI is InChI=1S/C14H28N2O.BrH/c1-15(2)10-12-8-6-5-7-9-13(14(12)17)11-16(3)4;/h12-13H,5-11H2,1-4H3;1H. The maximum atomic E-state index is 12.5. The quantitative estimate of drug-likeness (QED) is 0.795. The molecular formula is C14H29BrN2O. The molecule has 0 radical (unpaired) electrons. The van der Waals surface area contributed by atoms with E-state index in [9.17, 15) is 4.79 Å². The van der Waals surface area contributed by atoms with Gasteiger partial charge >= 0.3 is 0 Å². The molecular weight excluding hydrogens is 292 g/mol. The van der Waals surface area contributed by atoms with Crippen LogP contribution in [0, 0.1) is 11.8 Å². The van der Waals surface area contributed by atoms with Gasteiger partial charge in [0.2, 0.25) is 0 Å². The van der Waals surface area contributed by atoms with Crippen molar-refractivity contribution in [2.45, 2.75) is 32.1 Å². The van der Waals surface area contributed by atoms with Gasteiger partial charge in [0.25, 0.3) is 0 Å². The van der Waals surface area contributed by atoms with Crippen molar-refractivity contribution in [2.24, 2.45) is 11.8 Å². The van der Waals surface area contributed by atoms with E-state index >= 15 is 0 Å². The van der Waals surface area contributed by atoms with Crippen LogP contribution in [0.4, 0.5) is 0 Å². The Morgan fingerprint density at radius 2 is 1.28 bits per heavy atom. The summed E-state index contributed by atoms with van der Waals surface area (Å²) in [7, 11) is 8.25. The average Bonchev–Trinajstić information content (AvgIpc) is 2.21. The summed E-state index contributed by atoms with van der Waals surface area (Å²) < 4.78 is 0. The second-order valence-electron chi connectivity index (χ2n) is 5.96. The fourth-order valence-corrected chi connectivity index (χ4v) is 2.82. The summed E-state index contributed by atoms with van der Waals surface area (Å²) in [4.78, 5) is 16.8. The normalized spacial score (nSPS) is 25.8. The minimum Gasteiger partial charge on any atom is -0.309 e. The van der Waals surface area contributed by atoms with E-state index in [1.165, 1.54) is 19.3 Å². The van der Waals surface area contributed by atoms with Gasteiger partial charge in [0.05, 0.1) is 0 Å². The minimum absolute atomic E-state index is 0. The molecule has 1 fully saturated rings. The van der Waals surface area contributed by atoms with Crippen LogP contribution in [-0.4, -0.2) is 56.9 Å². The number of carbonyl (C=O) groups is 1. The van der Waals surface area contributed by atoms with Gasteiger partial charge in [-0.3, -0.25) is 4.79 Å². The molecule has 18 heavy (non-hydrogen) atoms. The van der Waals surface area contributed by atoms with E-state index in [1.807, 2.05) is 0 Å². The van der Waals surface area contributed by atoms with E-state index < -0.39 is 0 Å². The van der Waals surface area contributed by atoms with E-state index in [0.717, 1.165) is 25.9 Å². The van der Waals surface area contributed by atoms with Crippen LogP contribution >= 0.6 is 17.0 Å². The molecule has 0 aromatic heterocycles. The van der Waals surface area contributed by atoms with E-state index in [-0.39, 0.29) is 28.8 Å². The van der Waals surface area contributed by atoms with E-state index in [0.29, 0.717) is 5.78 Å². The first-order chi connectivity index (χ1) is 8.00. The molecule has 0 aromatic carbocycles. The highest BCUT2D eigenvalue weighted by Crippen LogP contribution is 2.24. The number of nitrogens with zero attached hydrogens (tertiary/aromatic N) is 2. The summed E-state index contributed by atoms with van der Waals surface area (Å²) in [6.45, 7) is 1.84. The smallest absolute Gasteiger partial charge is 0.141 e. The molecule has 0 aromatic rings. The molecule has 0 aliphatic heterocycles. The fraction of sp³-hybridized carbons (Fsp3) is 0.929. The first kappa shape index (κ1) is 18.1. The van der Waals surface area contributed by atoms with Gasteiger partial charge in [-0.25, -0.2) is 0 Å². The summed E-state index contributed by atoms with van der Waals surface area (Å²) in [5.41, 5.74) is 0. The van der Waals surface area contributed by atoms with Crippen LogP contribution in [0.15, 0.2) is 0 Å². The zero-order chi connectivity index (χ0) is 12.8. The van der Waals surface area contributed by atoms with Crippen LogP contribution in [0.5, 0.6) is 0 Å². The Labute approximate surface area is 123 Å². The molecule has 1 rings (SSSR count). The predicted octanol–water partition coefficient (Wildman–Crippen LogP) is 2.45. The molecule has 3 nitrogen and oxygen atoms in total. The number of Topliss-reactive ketones (excluding diaryl/α,β-unsaturated/α-hetero) is 1. The van der Waals surface area contributed by atoms with Crippen LogP contribution < -0.4 is 0 Å². The van der Waals surface area contributed by atoms with Gasteiger partial charge in [-0.05, 0) is 41.0 Å². The Balaban J connectivity index is 0.00000289. The molecule has 2 unspecified atom stereocenters. The largest absolute Gasteiger partial charge is 0.309 e. The SMILES string of the molecule is Br.CN(C)CC1CCCCCC(CN(C)C)C1=O. The highest BCUT2D eigenvalue weighted by atomic mass is 79.9. The summed E-state index contributed by atoms with van der Waals surface area (Å²) in [5.74, 6) is 1.03. The zero-order valence-corrected chi connectivity index (χ0v) is 14.0. The third-order valence-electron chi connectivity index (χ3n) is 3.58. The van der Waals surface area contributed by atoms with Crippen LogP contribution in [0.3, 0.4) is 0 Å². The molecule has 1 aliphatic carbocycles. The van der Waals surface area contributed by atoms with Gasteiger partial charge in [-0.15, -0.1) is 17.0 Å². The van der Waals surface area contributed by atoms with Crippen molar-refractivity contribution in [1.82, 2.24) is 9.80 Å². The third-order valence-corrected chi connectivity index (χ3v) is 3.58. The first-order valence-electron chi connectivity index (χ1n) is 6.84. The van der Waals surface area contributed by atoms with Crippen molar-refractivity contribution in [1.29, 1.82) is 0 Å². The number of rotatable bonds is 4. The minimum atomic E-state index is 0. The molecule has 0 heterocycles.